The van der Waals surface area contributed by atoms with E-state index in [9.17, 15) is 5.11 Å². The van der Waals surface area contributed by atoms with Crippen molar-refractivity contribution in [1.29, 1.82) is 0 Å². The lowest BCUT2D eigenvalue weighted by Gasteiger charge is -2.32. The van der Waals surface area contributed by atoms with E-state index in [-0.39, 0.29) is 0 Å². The van der Waals surface area contributed by atoms with Gasteiger partial charge in [0.2, 0.25) is 0 Å². The Morgan fingerprint density at radius 3 is 3.05 bits per heavy atom. The molecule has 0 amide bonds. The summed E-state index contributed by atoms with van der Waals surface area (Å²) in [6.07, 6.45) is 4.72. The van der Waals surface area contributed by atoms with E-state index < -0.39 is 0 Å². The maximum Gasteiger partial charge on any atom is 0.115 e. The molecule has 0 saturated carbocycles. The quantitative estimate of drug-likeness (QED) is 0.876. The van der Waals surface area contributed by atoms with E-state index in [4.69, 9.17) is 0 Å². The molecule has 0 radical (unpaired) electrons. The summed E-state index contributed by atoms with van der Waals surface area (Å²) in [7, 11) is 2.04. The van der Waals surface area contributed by atoms with E-state index in [0.29, 0.717) is 17.6 Å². The average Bonchev–Trinajstić information content (AvgIpc) is 2.99. The van der Waals surface area contributed by atoms with Gasteiger partial charge < -0.3 is 10.4 Å². The average molecular weight is 301 g/mol. The van der Waals surface area contributed by atoms with Crippen LogP contribution in [-0.4, -0.2) is 18.7 Å². The summed E-state index contributed by atoms with van der Waals surface area (Å²) < 4.78 is 0. The molecule has 112 valence electrons. The molecule has 2 unspecified atom stereocenters. The van der Waals surface area contributed by atoms with Crippen LogP contribution in [0.2, 0.25) is 0 Å². The summed E-state index contributed by atoms with van der Waals surface area (Å²) in [6.45, 7) is 1.04. The topological polar surface area (TPSA) is 32.3 Å². The molecule has 2 N–H and O–H groups in total. The van der Waals surface area contributed by atoms with Gasteiger partial charge in [-0.1, -0.05) is 6.07 Å². The number of phenolic OH excluding ortho intramolecular Hbond substituents is 1. The molecule has 0 fully saturated rings. The molecular formula is C18H23NOS. The number of benzene rings is 1. The molecule has 0 saturated heterocycles. The first-order valence-corrected chi connectivity index (χ1v) is 8.69. The molecule has 1 aromatic heterocycles. The summed E-state index contributed by atoms with van der Waals surface area (Å²) in [6, 6.07) is 8.19. The normalized spacial score (nSPS) is 19.2. The summed E-state index contributed by atoms with van der Waals surface area (Å²) in [5, 5.41) is 17.5. The summed E-state index contributed by atoms with van der Waals surface area (Å²) in [5.41, 5.74) is 4.25. The van der Waals surface area contributed by atoms with Gasteiger partial charge in [0, 0.05) is 0 Å². The Bertz CT molecular complexity index is 579. The molecule has 3 heteroatoms. The van der Waals surface area contributed by atoms with Crippen LogP contribution in [0.1, 0.15) is 35.4 Å². The minimum Gasteiger partial charge on any atom is -0.508 e. The zero-order valence-electron chi connectivity index (χ0n) is 12.5. The Morgan fingerprint density at radius 1 is 1.38 bits per heavy atom. The van der Waals surface area contributed by atoms with Gasteiger partial charge in [-0.2, -0.15) is 11.3 Å². The molecule has 1 aromatic carbocycles. The Kier molecular flexibility index (Phi) is 4.61. The van der Waals surface area contributed by atoms with E-state index in [1.165, 1.54) is 29.5 Å². The molecule has 2 aromatic rings. The van der Waals surface area contributed by atoms with Crippen molar-refractivity contribution < 1.29 is 5.11 Å². The number of phenols is 1. The van der Waals surface area contributed by atoms with Crippen LogP contribution in [0, 0.1) is 5.92 Å². The standard InChI is InChI=1S/C18H23NOS/c1-19-11-15(9-13-7-8-21-12-13)17-4-2-3-14-10-16(20)5-6-18(14)17/h5-8,10,12,15,17,19-20H,2-4,9,11H2,1H3. The highest BCUT2D eigenvalue weighted by atomic mass is 32.1. The van der Waals surface area contributed by atoms with Crippen LogP contribution in [0.15, 0.2) is 35.0 Å². The minimum atomic E-state index is 0.400. The second-order valence-corrected chi connectivity index (χ2v) is 6.82. The monoisotopic (exact) mass is 301 g/mol. The van der Waals surface area contributed by atoms with Crippen molar-refractivity contribution in [2.75, 3.05) is 13.6 Å². The predicted molar refractivity (Wildman–Crippen MR) is 89.2 cm³/mol. The van der Waals surface area contributed by atoms with Crippen LogP contribution < -0.4 is 5.32 Å². The second-order valence-electron chi connectivity index (χ2n) is 6.04. The number of nitrogens with one attached hydrogen (secondary N) is 1. The van der Waals surface area contributed by atoms with Gasteiger partial charge in [0.05, 0.1) is 0 Å². The van der Waals surface area contributed by atoms with Gasteiger partial charge in [-0.3, -0.25) is 0 Å². The number of aryl methyl sites for hydroxylation is 1. The van der Waals surface area contributed by atoms with Crippen molar-refractivity contribution in [3.63, 3.8) is 0 Å². The highest BCUT2D eigenvalue weighted by Gasteiger charge is 2.28. The van der Waals surface area contributed by atoms with Crippen molar-refractivity contribution in [2.24, 2.45) is 5.92 Å². The van der Waals surface area contributed by atoms with Gasteiger partial charge in [0.25, 0.3) is 0 Å². The molecule has 1 aliphatic carbocycles. The maximum atomic E-state index is 9.71. The fourth-order valence-corrected chi connectivity index (χ4v) is 4.34. The molecule has 2 nitrogen and oxygen atoms in total. The van der Waals surface area contributed by atoms with E-state index >= 15 is 0 Å². The first-order valence-electron chi connectivity index (χ1n) is 7.75. The lowest BCUT2D eigenvalue weighted by atomic mass is 9.74. The van der Waals surface area contributed by atoms with Crippen LogP contribution in [-0.2, 0) is 12.8 Å². The van der Waals surface area contributed by atoms with Crippen LogP contribution in [0.25, 0.3) is 0 Å². The summed E-state index contributed by atoms with van der Waals surface area (Å²) >= 11 is 1.78. The molecule has 0 aliphatic heterocycles. The highest BCUT2D eigenvalue weighted by Crippen LogP contribution is 2.39. The van der Waals surface area contributed by atoms with E-state index in [1.54, 1.807) is 11.3 Å². The number of thiophene rings is 1. The number of fused-ring (bicyclic) bond motifs is 1. The van der Waals surface area contributed by atoms with Crippen molar-refractivity contribution in [1.82, 2.24) is 5.32 Å². The molecular weight excluding hydrogens is 278 g/mol. The number of hydrogen-bond acceptors (Lipinski definition) is 3. The SMILES string of the molecule is CNCC(Cc1ccsc1)C1CCCc2cc(O)ccc21. The van der Waals surface area contributed by atoms with Crippen LogP contribution in [0.4, 0.5) is 0 Å². The Labute approximate surface area is 130 Å². The minimum absolute atomic E-state index is 0.400. The van der Waals surface area contributed by atoms with E-state index in [2.05, 4.69) is 28.2 Å². The summed E-state index contributed by atoms with van der Waals surface area (Å²) in [5.74, 6) is 1.62. The fraction of sp³-hybridized carbons (Fsp3) is 0.444. The highest BCUT2D eigenvalue weighted by molar-refractivity contribution is 7.07. The Balaban J connectivity index is 1.86. The van der Waals surface area contributed by atoms with Crippen LogP contribution >= 0.6 is 11.3 Å². The van der Waals surface area contributed by atoms with Crippen molar-refractivity contribution >= 4 is 11.3 Å². The van der Waals surface area contributed by atoms with E-state index in [1.807, 2.05) is 19.2 Å². The fourth-order valence-electron chi connectivity index (χ4n) is 3.66. The number of hydrogen-bond donors (Lipinski definition) is 2. The van der Waals surface area contributed by atoms with Gasteiger partial charge >= 0.3 is 0 Å². The molecule has 3 rings (SSSR count). The lowest BCUT2D eigenvalue weighted by Crippen LogP contribution is -2.28. The third-order valence-corrected chi connectivity index (χ3v) is 5.33. The molecule has 0 bridgehead atoms. The Morgan fingerprint density at radius 2 is 2.29 bits per heavy atom. The van der Waals surface area contributed by atoms with E-state index in [0.717, 1.165) is 19.4 Å². The zero-order valence-corrected chi connectivity index (χ0v) is 13.3. The third-order valence-electron chi connectivity index (χ3n) is 4.60. The first-order chi connectivity index (χ1) is 10.3. The third kappa shape index (κ3) is 3.30. The Hall–Kier alpha value is -1.32. The van der Waals surface area contributed by atoms with Gasteiger partial charge in [-0.25, -0.2) is 0 Å². The lowest BCUT2D eigenvalue weighted by molar-refractivity contribution is 0.365. The van der Waals surface area contributed by atoms with Crippen molar-refractivity contribution in [3.05, 3.63) is 51.7 Å². The summed E-state index contributed by atoms with van der Waals surface area (Å²) in [4.78, 5) is 0. The molecule has 2 atom stereocenters. The van der Waals surface area contributed by atoms with Gasteiger partial charge in [0.1, 0.15) is 5.75 Å². The number of rotatable bonds is 5. The number of aromatic hydroxyl groups is 1. The van der Waals surface area contributed by atoms with Crippen LogP contribution in [0.3, 0.4) is 0 Å². The van der Waals surface area contributed by atoms with Crippen LogP contribution in [0.5, 0.6) is 5.75 Å². The zero-order chi connectivity index (χ0) is 14.7. The molecule has 0 spiro atoms. The molecule has 1 aliphatic rings. The van der Waals surface area contributed by atoms with Crippen molar-refractivity contribution in [3.8, 4) is 5.75 Å². The first kappa shape index (κ1) is 14.6. The van der Waals surface area contributed by atoms with Gasteiger partial charge in [0.15, 0.2) is 0 Å². The van der Waals surface area contributed by atoms with Gasteiger partial charge in [-0.05, 0) is 96.8 Å². The predicted octanol–water partition coefficient (Wildman–Crippen LogP) is 3.95. The maximum absolute atomic E-state index is 9.71. The largest absolute Gasteiger partial charge is 0.508 e. The molecule has 1 heterocycles. The van der Waals surface area contributed by atoms with Crippen molar-refractivity contribution in [2.45, 2.75) is 31.6 Å². The van der Waals surface area contributed by atoms with Gasteiger partial charge in [-0.15, -0.1) is 0 Å². The molecule has 21 heavy (non-hydrogen) atoms. The smallest absolute Gasteiger partial charge is 0.115 e. The second kappa shape index (κ2) is 6.63.